The SMILES string of the molecule is CCn1nc(C)c(C(C)NC(=O)CCCc2cn[nH]c2)c1C. The average Bonchev–Trinajstić information content (AvgIpc) is 3.06. The van der Waals surface area contributed by atoms with Crippen molar-refractivity contribution in [2.24, 2.45) is 0 Å². The Kier molecular flexibility index (Phi) is 5.35. The molecule has 2 aromatic rings. The van der Waals surface area contributed by atoms with E-state index in [9.17, 15) is 4.79 Å². The second kappa shape index (κ2) is 7.24. The lowest BCUT2D eigenvalue weighted by Gasteiger charge is -2.15. The molecule has 0 aliphatic rings. The van der Waals surface area contributed by atoms with Crippen LogP contribution in [0, 0.1) is 13.8 Å². The predicted octanol–water partition coefficient (Wildman–Crippen LogP) is 2.44. The van der Waals surface area contributed by atoms with E-state index in [1.54, 1.807) is 6.20 Å². The van der Waals surface area contributed by atoms with E-state index in [2.05, 4.69) is 34.5 Å². The van der Waals surface area contributed by atoms with Crippen molar-refractivity contribution in [3.05, 3.63) is 34.9 Å². The summed E-state index contributed by atoms with van der Waals surface area (Å²) in [5.74, 6) is 0.0824. The molecule has 0 saturated carbocycles. The molecule has 0 spiro atoms. The van der Waals surface area contributed by atoms with Crippen molar-refractivity contribution < 1.29 is 4.79 Å². The molecule has 0 aliphatic heterocycles. The summed E-state index contributed by atoms with van der Waals surface area (Å²) in [5, 5.41) is 14.3. The van der Waals surface area contributed by atoms with Crippen molar-refractivity contribution in [2.45, 2.75) is 59.5 Å². The number of hydrogen-bond donors (Lipinski definition) is 2. The molecule has 6 heteroatoms. The number of rotatable bonds is 7. The van der Waals surface area contributed by atoms with Gasteiger partial charge < -0.3 is 5.32 Å². The largest absolute Gasteiger partial charge is 0.349 e. The van der Waals surface area contributed by atoms with Gasteiger partial charge in [-0.3, -0.25) is 14.6 Å². The minimum Gasteiger partial charge on any atom is -0.349 e. The Labute approximate surface area is 131 Å². The van der Waals surface area contributed by atoms with Gasteiger partial charge in [0.25, 0.3) is 0 Å². The first-order valence-electron chi connectivity index (χ1n) is 7.83. The highest BCUT2D eigenvalue weighted by molar-refractivity contribution is 5.76. The summed E-state index contributed by atoms with van der Waals surface area (Å²) in [4.78, 5) is 12.1. The van der Waals surface area contributed by atoms with Gasteiger partial charge in [0, 0.05) is 30.4 Å². The molecule has 1 amide bonds. The van der Waals surface area contributed by atoms with Gasteiger partial charge in [-0.2, -0.15) is 10.2 Å². The molecule has 2 aromatic heterocycles. The van der Waals surface area contributed by atoms with Gasteiger partial charge in [-0.1, -0.05) is 0 Å². The van der Waals surface area contributed by atoms with Crippen LogP contribution in [0.15, 0.2) is 12.4 Å². The number of hydrogen-bond acceptors (Lipinski definition) is 3. The topological polar surface area (TPSA) is 75.6 Å². The standard InChI is InChI=1S/C16H25N5O/c1-5-21-13(4)16(12(3)20-21)11(2)19-15(22)8-6-7-14-9-17-18-10-14/h9-11H,5-8H2,1-4H3,(H,17,18)(H,19,22). The normalized spacial score (nSPS) is 12.4. The predicted molar refractivity (Wildman–Crippen MR) is 85.5 cm³/mol. The van der Waals surface area contributed by atoms with Crippen LogP contribution in [-0.4, -0.2) is 25.9 Å². The number of aromatic amines is 1. The second-order valence-electron chi connectivity index (χ2n) is 5.65. The van der Waals surface area contributed by atoms with Crippen LogP contribution >= 0.6 is 0 Å². The van der Waals surface area contributed by atoms with Crippen LogP contribution in [0.3, 0.4) is 0 Å². The van der Waals surface area contributed by atoms with Crippen LogP contribution < -0.4 is 5.32 Å². The van der Waals surface area contributed by atoms with E-state index in [1.807, 2.05) is 24.7 Å². The highest BCUT2D eigenvalue weighted by Gasteiger charge is 2.18. The molecule has 2 heterocycles. The number of nitrogens with one attached hydrogen (secondary N) is 2. The van der Waals surface area contributed by atoms with Gasteiger partial charge in [-0.25, -0.2) is 0 Å². The third-order valence-corrected chi connectivity index (χ3v) is 3.97. The van der Waals surface area contributed by atoms with Gasteiger partial charge in [-0.15, -0.1) is 0 Å². The molecule has 22 heavy (non-hydrogen) atoms. The minimum absolute atomic E-state index is 0.0123. The highest BCUT2D eigenvalue weighted by Crippen LogP contribution is 2.21. The van der Waals surface area contributed by atoms with Crippen LogP contribution in [-0.2, 0) is 17.8 Å². The monoisotopic (exact) mass is 303 g/mol. The third kappa shape index (κ3) is 3.75. The average molecular weight is 303 g/mol. The zero-order valence-electron chi connectivity index (χ0n) is 13.8. The zero-order chi connectivity index (χ0) is 16.1. The van der Waals surface area contributed by atoms with E-state index in [1.165, 1.54) is 0 Å². The number of aryl methyl sites for hydroxylation is 3. The molecule has 0 radical (unpaired) electrons. The third-order valence-electron chi connectivity index (χ3n) is 3.97. The minimum atomic E-state index is -0.0123. The van der Waals surface area contributed by atoms with E-state index in [4.69, 9.17) is 0 Å². The van der Waals surface area contributed by atoms with E-state index in [-0.39, 0.29) is 11.9 Å². The second-order valence-corrected chi connectivity index (χ2v) is 5.65. The van der Waals surface area contributed by atoms with Gasteiger partial charge in [-0.05, 0) is 46.1 Å². The fourth-order valence-corrected chi connectivity index (χ4v) is 2.90. The molecule has 2 rings (SSSR count). The number of aromatic nitrogens is 4. The van der Waals surface area contributed by atoms with Crippen LogP contribution in [0.2, 0.25) is 0 Å². The lowest BCUT2D eigenvalue weighted by atomic mass is 10.1. The zero-order valence-corrected chi connectivity index (χ0v) is 13.8. The van der Waals surface area contributed by atoms with Crippen LogP contribution in [0.5, 0.6) is 0 Å². The van der Waals surface area contributed by atoms with Crippen molar-refractivity contribution in [1.29, 1.82) is 0 Å². The van der Waals surface area contributed by atoms with Crippen LogP contribution in [0.1, 0.15) is 55.2 Å². The van der Waals surface area contributed by atoms with Gasteiger partial charge in [0.2, 0.25) is 5.91 Å². The molecule has 6 nitrogen and oxygen atoms in total. The molecular weight excluding hydrogens is 278 g/mol. The van der Waals surface area contributed by atoms with Gasteiger partial charge in [0.15, 0.2) is 0 Å². The summed E-state index contributed by atoms with van der Waals surface area (Å²) >= 11 is 0. The summed E-state index contributed by atoms with van der Waals surface area (Å²) in [6, 6.07) is -0.0123. The molecule has 0 saturated heterocycles. The molecule has 0 fully saturated rings. The Bertz CT molecular complexity index is 615. The molecule has 1 atom stereocenters. The number of carbonyl (C=O) groups excluding carboxylic acids is 1. The first-order chi connectivity index (χ1) is 10.5. The first-order valence-corrected chi connectivity index (χ1v) is 7.83. The Hall–Kier alpha value is -2.11. The van der Waals surface area contributed by atoms with Crippen molar-refractivity contribution in [2.75, 3.05) is 0 Å². The van der Waals surface area contributed by atoms with Crippen molar-refractivity contribution in [3.8, 4) is 0 Å². The number of amides is 1. The molecular formula is C16H25N5O. The fraction of sp³-hybridized carbons (Fsp3) is 0.562. The number of H-pyrrole nitrogens is 1. The summed E-state index contributed by atoms with van der Waals surface area (Å²) in [5.41, 5.74) is 4.39. The molecule has 2 N–H and O–H groups in total. The quantitative estimate of drug-likeness (QED) is 0.825. The van der Waals surface area contributed by atoms with E-state index < -0.39 is 0 Å². The summed E-state index contributed by atoms with van der Waals surface area (Å²) in [7, 11) is 0. The Balaban J connectivity index is 1.87. The Morgan fingerprint density at radius 1 is 1.45 bits per heavy atom. The lowest BCUT2D eigenvalue weighted by molar-refractivity contribution is -0.121. The van der Waals surface area contributed by atoms with Crippen molar-refractivity contribution in [1.82, 2.24) is 25.3 Å². The van der Waals surface area contributed by atoms with E-state index in [0.717, 1.165) is 41.9 Å². The van der Waals surface area contributed by atoms with Gasteiger partial charge in [0.05, 0.1) is 17.9 Å². The molecule has 0 bridgehead atoms. The molecule has 0 aromatic carbocycles. The summed E-state index contributed by atoms with van der Waals surface area (Å²) in [6.07, 6.45) is 5.88. The molecule has 0 aliphatic carbocycles. The maximum Gasteiger partial charge on any atom is 0.220 e. The Morgan fingerprint density at radius 3 is 2.82 bits per heavy atom. The maximum atomic E-state index is 12.1. The van der Waals surface area contributed by atoms with Gasteiger partial charge in [0.1, 0.15) is 0 Å². The lowest BCUT2D eigenvalue weighted by Crippen LogP contribution is -2.27. The van der Waals surface area contributed by atoms with Crippen LogP contribution in [0.25, 0.3) is 0 Å². The summed E-state index contributed by atoms with van der Waals surface area (Å²) in [6.45, 7) is 8.99. The first kappa shape index (κ1) is 16.3. The van der Waals surface area contributed by atoms with Gasteiger partial charge >= 0.3 is 0 Å². The smallest absolute Gasteiger partial charge is 0.220 e. The Morgan fingerprint density at radius 2 is 2.23 bits per heavy atom. The van der Waals surface area contributed by atoms with Crippen molar-refractivity contribution in [3.63, 3.8) is 0 Å². The van der Waals surface area contributed by atoms with Crippen LogP contribution in [0.4, 0.5) is 0 Å². The van der Waals surface area contributed by atoms with E-state index >= 15 is 0 Å². The number of nitrogens with zero attached hydrogens (tertiary/aromatic N) is 3. The molecule has 120 valence electrons. The number of carbonyl (C=O) groups is 1. The van der Waals surface area contributed by atoms with E-state index in [0.29, 0.717) is 6.42 Å². The maximum absolute atomic E-state index is 12.1. The van der Waals surface area contributed by atoms with Crippen molar-refractivity contribution >= 4 is 5.91 Å². The summed E-state index contributed by atoms with van der Waals surface area (Å²) < 4.78 is 1.98. The highest BCUT2D eigenvalue weighted by atomic mass is 16.1. The fourth-order valence-electron chi connectivity index (χ4n) is 2.90. The molecule has 1 unspecified atom stereocenters.